The minimum Gasteiger partial charge on any atom is -0.505 e. The molecular formula is C11H6BrClO4. The van der Waals surface area contributed by atoms with E-state index in [1.807, 2.05) is 0 Å². The minimum absolute atomic E-state index is 0.0310. The van der Waals surface area contributed by atoms with Gasteiger partial charge in [0, 0.05) is 5.39 Å². The Bertz CT molecular complexity index is 690. The number of carbonyl (C=O) groups is 1. The van der Waals surface area contributed by atoms with Crippen LogP contribution in [0.1, 0.15) is 15.9 Å². The van der Waals surface area contributed by atoms with Crippen molar-refractivity contribution in [1.29, 1.82) is 0 Å². The number of hydrogen-bond donors (Lipinski definition) is 1. The molecule has 6 heteroatoms. The summed E-state index contributed by atoms with van der Waals surface area (Å²) < 4.78 is 5.25. The zero-order chi connectivity index (χ0) is 12.7. The van der Waals surface area contributed by atoms with Gasteiger partial charge in [-0.1, -0.05) is 11.6 Å². The quantitative estimate of drug-likeness (QED) is 0.648. The number of aromatic hydroxyl groups is 1. The average Bonchev–Trinajstić information content (AvgIpc) is 2.30. The van der Waals surface area contributed by atoms with Crippen LogP contribution in [0.2, 0.25) is 5.02 Å². The Kier molecular flexibility index (Phi) is 2.97. The van der Waals surface area contributed by atoms with Crippen molar-refractivity contribution in [2.45, 2.75) is 6.92 Å². The van der Waals surface area contributed by atoms with Crippen molar-refractivity contribution >= 4 is 44.8 Å². The summed E-state index contributed by atoms with van der Waals surface area (Å²) >= 11 is 8.88. The van der Waals surface area contributed by atoms with E-state index in [0.717, 1.165) is 0 Å². The molecule has 0 saturated heterocycles. The number of rotatable bonds is 1. The van der Waals surface area contributed by atoms with Gasteiger partial charge in [-0.15, -0.1) is 0 Å². The number of benzene rings is 1. The summed E-state index contributed by atoms with van der Waals surface area (Å²) in [5.41, 5.74) is -0.103. The first kappa shape index (κ1) is 12.1. The van der Waals surface area contributed by atoms with Crippen LogP contribution in [0.4, 0.5) is 0 Å². The lowest BCUT2D eigenvalue weighted by molar-refractivity contribution is 0.112. The van der Waals surface area contributed by atoms with E-state index in [1.54, 1.807) is 6.92 Å². The van der Waals surface area contributed by atoms with Crippen LogP contribution >= 0.6 is 27.5 Å². The molecule has 0 aliphatic heterocycles. The van der Waals surface area contributed by atoms with Crippen molar-refractivity contribution in [1.82, 2.24) is 0 Å². The van der Waals surface area contributed by atoms with Gasteiger partial charge in [-0.3, -0.25) is 4.79 Å². The predicted molar refractivity (Wildman–Crippen MR) is 67.0 cm³/mol. The first-order valence-electron chi connectivity index (χ1n) is 4.57. The van der Waals surface area contributed by atoms with E-state index in [0.29, 0.717) is 17.2 Å². The summed E-state index contributed by atoms with van der Waals surface area (Å²) in [5.74, 6) is -0.390. The van der Waals surface area contributed by atoms with E-state index in [1.165, 1.54) is 6.07 Å². The molecule has 0 radical (unpaired) electrons. The molecule has 0 aliphatic rings. The third-order valence-corrected chi connectivity index (χ3v) is 3.67. The largest absolute Gasteiger partial charge is 0.505 e. The molecule has 0 bridgehead atoms. The Morgan fingerprint density at radius 3 is 2.76 bits per heavy atom. The highest BCUT2D eigenvalue weighted by atomic mass is 79.9. The standard InChI is InChI=1S/C11H6BrClO4/c1-4-5-2-7(13)9(15)6(3-14)10(5)17-11(16)8(4)12/h2-3,15H,1H3. The van der Waals surface area contributed by atoms with Gasteiger partial charge in [-0.05, 0) is 34.5 Å². The fourth-order valence-corrected chi connectivity index (χ4v) is 2.05. The van der Waals surface area contributed by atoms with E-state index in [2.05, 4.69) is 15.9 Å². The summed E-state index contributed by atoms with van der Waals surface area (Å²) in [6.45, 7) is 1.69. The number of hydrogen-bond acceptors (Lipinski definition) is 4. The summed E-state index contributed by atoms with van der Waals surface area (Å²) in [5, 5.41) is 10.1. The van der Waals surface area contributed by atoms with E-state index in [9.17, 15) is 14.7 Å². The lowest BCUT2D eigenvalue weighted by atomic mass is 10.1. The minimum atomic E-state index is -0.611. The van der Waals surface area contributed by atoms with Gasteiger partial charge in [0.1, 0.15) is 15.8 Å². The highest BCUT2D eigenvalue weighted by Crippen LogP contribution is 2.35. The molecule has 0 atom stereocenters. The second-order valence-electron chi connectivity index (χ2n) is 3.44. The van der Waals surface area contributed by atoms with Crippen molar-refractivity contribution in [2.75, 3.05) is 0 Å². The SMILES string of the molecule is Cc1c(Br)c(=O)oc2c(C=O)c(O)c(Cl)cc12. The molecule has 4 nitrogen and oxygen atoms in total. The van der Waals surface area contributed by atoms with Gasteiger partial charge in [0.25, 0.3) is 0 Å². The highest BCUT2D eigenvalue weighted by molar-refractivity contribution is 9.10. The molecule has 0 unspecified atom stereocenters. The van der Waals surface area contributed by atoms with E-state index in [4.69, 9.17) is 16.0 Å². The lowest BCUT2D eigenvalue weighted by Crippen LogP contribution is -2.03. The second kappa shape index (κ2) is 4.16. The third-order valence-electron chi connectivity index (χ3n) is 2.47. The fraction of sp³-hybridized carbons (Fsp3) is 0.0909. The molecule has 0 amide bonds. The maximum Gasteiger partial charge on any atom is 0.350 e. The summed E-state index contributed by atoms with van der Waals surface area (Å²) in [7, 11) is 0. The molecule has 88 valence electrons. The van der Waals surface area contributed by atoms with Crippen molar-refractivity contribution in [3.63, 3.8) is 0 Å². The summed E-state index contributed by atoms with van der Waals surface area (Å²) in [4.78, 5) is 22.4. The van der Waals surface area contributed by atoms with Crippen LogP contribution in [0.15, 0.2) is 19.8 Å². The van der Waals surface area contributed by atoms with E-state index >= 15 is 0 Å². The molecular weight excluding hydrogens is 311 g/mol. The van der Waals surface area contributed by atoms with Crippen LogP contribution in [0, 0.1) is 6.92 Å². The normalized spacial score (nSPS) is 10.8. The molecule has 1 N–H and O–H groups in total. The molecule has 0 spiro atoms. The predicted octanol–water partition coefficient (Wildman–Crippen LogP) is 3.04. The van der Waals surface area contributed by atoms with Crippen LogP contribution < -0.4 is 5.63 Å². The number of aldehydes is 1. The molecule has 17 heavy (non-hydrogen) atoms. The zero-order valence-corrected chi connectivity index (χ0v) is 10.9. The second-order valence-corrected chi connectivity index (χ2v) is 4.64. The van der Waals surface area contributed by atoms with Gasteiger partial charge >= 0.3 is 5.63 Å². The van der Waals surface area contributed by atoms with Crippen LogP contribution in [0.5, 0.6) is 5.75 Å². The Labute approximate surface area is 109 Å². The Balaban J connectivity index is 3.11. The Morgan fingerprint density at radius 2 is 2.18 bits per heavy atom. The van der Waals surface area contributed by atoms with Crippen LogP contribution in [0.25, 0.3) is 11.0 Å². The molecule has 2 rings (SSSR count). The van der Waals surface area contributed by atoms with Crippen molar-refractivity contribution in [3.05, 3.63) is 37.1 Å². The highest BCUT2D eigenvalue weighted by Gasteiger charge is 2.17. The number of phenolic OH excluding ortho intramolecular Hbond substituents is 1. The first-order chi connectivity index (χ1) is 7.97. The third kappa shape index (κ3) is 1.75. The number of fused-ring (bicyclic) bond motifs is 1. The number of phenols is 1. The summed E-state index contributed by atoms with van der Waals surface area (Å²) in [6.07, 6.45) is 0.403. The van der Waals surface area contributed by atoms with Gasteiger partial charge in [-0.25, -0.2) is 4.79 Å². The maximum atomic E-state index is 11.5. The molecule has 1 aromatic carbocycles. The molecule has 1 aromatic heterocycles. The zero-order valence-electron chi connectivity index (χ0n) is 8.58. The topological polar surface area (TPSA) is 67.5 Å². The molecule has 0 aliphatic carbocycles. The van der Waals surface area contributed by atoms with Crippen LogP contribution in [-0.2, 0) is 0 Å². The summed E-state index contributed by atoms with van der Waals surface area (Å²) in [6, 6.07) is 1.45. The van der Waals surface area contributed by atoms with Crippen LogP contribution in [-0.4, -0.2) is 11.4 Å². The fourth-order valence-electron chi connectivity index (χ4n) is 1.55. The van der Waals surface area contributed by atoms with Gasteiger partial charge in [0.05, 0.1) is 5.02 Å². The molecule has 0 fully saturated rings. The first-order valence-corrected chi connectivity index (χ1v) is 5.74. The van der Waals surface area contributed by atoms with Crippen LogP contribution in [0.3, 0.4) is 0 Å². The van der Waals surface area contributed by atoms with Gasteiger partial charge < -0.3 is 9.52 Å². The Morgan fingerprint density at radius 1 is 1.53 bits per heavy atom. The maximum absolute atomic E-state index is 11.5. The molecule has 1 heterocycles. The van der Waals surface area contributed by atoms with Gasteiger partial charge in [0.2, 0.25) is 0 Å². The van der Waals surface area contributed by atoms with Crippen molar-refractivity contribution in [3.8, 4) is 5.75 Å². The number of aryl methyl sites for hydroxylation is 1. The number of carbonyl (C=O) groups excluding carboxylic acids is 1. The van der Waals surface area contributed by atoms with Crippen molar-refractivity contribution in [2.24, 2.45) is 0 Å². The lowest BCUT2D eigenvalue weighted by Gasteiger charge is -2.07. The molecule has 0 saturated carbocycles. The monoisotopic (exact) mass is 316 g/mol. The van der Waals surface area contributed by atoms with E-state index in [-0.39, 0.29) is 26.4 Å². The van der Waals surface area contributed by atoms with E-state index < -0.39 is 5.63 Å². The number of halogens is 2. The van der Waals surface area contributed by atoms with Gasteiger partial charge in [0.15, 0.2) is 11.9 Å². The van der Waals surface area contributed by atoms with Gasteiger partial charge in [-0.2, -0.15) is 0 Å². The molecule has 2 aromatic rings. The van der Waals surface area contributed by atoms with Crippen molar-refractivity contribution < 1.29 is 14.3 Å². The Hall–Kier alpha value is -1.33. The average molecular weight is 318 g/mol. The smallest absolute Gasteiger partial charge is 0.350 e.